The van der Waals surface area contributed by atoms with Crippen LogP contribution in [0.25, 0.3) is 4.96 Å². The summed E-state index contributed by atoms with van der Waals surface area (Å²) in [6.45, 7) is 3.61. The molecule has 2 heterocycles. The summed E-state index contributed by atoms with van der Waals surface area (Å²) in [6.07, 6.45) is 1.76. The van der Waals surface area contributed by atoms with Crippen molar-refractivity contribution in [2.75, 3.05) is 11.4 Å². The molecule has 0 N–H and O–H groups in total. The van der Waals surface area contributed by atoms with Crippen molar-refractivity contribution in [2.45, 2.75) is 13.5 Å². The van der Waals surface area contributed by atoms with Gasteiger partial charge in [-0.3, -0.25) is 9.20 Å². The zero-order chi connectivity index (χ0) is 13.9. The molecule has 1 aromatic carbocycles. The summed E-state index contributed by atoms with van der Waals surface area (Å²) in [4.78, 5) is 19.5. The van der Waals surface area contributed by atoms with Gasteiger partial charge in [0.1, 0.15) is 0 Å². The number of fused-ring (bicyclic) bond motifs is 1. The summed E-state index contributed by atoms with van der Waals surface area (Å²) < 4.78 is 1.58. The zero-order valence-corrected chi connectivity index (χ0v) is 12.0. The third-order valence-electron chi connectivity index (χ3n) is 3.21. The molecule has 0 atom stereocenters. The van der Waals surface area contributed by atoms with Gasteiger partial charge in [0.05, 0.1) is 12.2 Å². The fourth-order valence-electron chi connectivity index (χ4n) is 2.19. The van der Waals surface area contributed by atoms with E-state index in [-0.39, 0.29) is 5.56 Å². The first-order valence-corrected chi connectivity index (χ1v) is 7.41. The second-order valence-corrected chi connectivity index (χ2v) is 5.36. The van der Waals surface area contributed by atoms with Crippen LogP contribution in [0.15, 0.2) is 52.8 Å². The molecule has 5 heteroatoms. The first-order valence-electron chi connectivity index (χ1n) is 6.53. The van der Waals surface area contributed by atoms with Gasteiger partial charge in [0, 0.05) is 29.9 Å². The number of hydrogen-bond donors (Lipinski definition) is 0. The van der Waals surface area contributed by atoms with E-state index in [0.29, 0.717) is 6.54 Å². The monoisotopic (exact) mass is 285 g/mol. The van der Waals surface area contributed by atoms with Crippen molar-refractivity contribution in [3.63, 3.8) is 0 Å². The summed E-state index contributed by atoms with van der Waals surface area (Å²) in [6, 6.07) is 11.8. The average Bonchev–Trinajstić information content (AvgIpc) is 2.94. The van der Waals surface area contributed by atoms with Crippen LogP contribution in [0, 0.1) is 0 Å². The van der Waals surface area contributed by atoms with Gasteiger partial charge in [-0.25, -0.2) is 4.98 Å². The van der Waals surface area contributed by atoms with Gasteiger partial charge in [-0.2, -0.15) is 0 Å². The smallest absolute Gasteiger partial charge is 0.258 e. The Hall–Kier alpha value is -2.14. The predicted octanol–water partition coefficient (Wildman–Crippen LogP) is 2.78. The van der Waals surface area contributed by atoms with E-state index in [9.17, 15) is 4.79 Å². The lowest BCUT2D eigenvalue weighted by Crippen LogP contribution is -2.24. The zero-order valence-electron chi connectivity index (χ0n) is 11.2. The molecule has 102 valence electrons. The predicted molar refractivity (Wildman–Crippen MR) is 82.5 cm³/mol. The van der Waals surface area contributed by atoms with E-state index in [4.69, 9.17) is 0 Å². The Morgan fingerprint density at radius 2 is 2.10 bits per heavy atom. The minimum absolute atomic E-state index is 0.0182. The molecule has 4 nitrogen and oxygen atoms in total. The lowest BCUT2D eigenvalue weighted by molar-refractivity contribution is 0.806. The standard InChI is InChI=1S/C15H15N3OS/c1-2-17(13-6-4-3-5-7-13)11-12-10-14(19)18-8-9-20-15(18)16-12/h3-10H,2,11H2,1H3. The molecular weight excluding hydrogens is 270 g/mol. The molecule has 0 spiro atoms. The summed E-state index contributed by atoms with van der Waals surface area (Å²) in [5.41, 5.74) is 1.93. The van der Waals surface area contributed by atoms with Crippen LogP contribution in [0.3, 0.4) is 0 Å². The molecule has 0 fully saturated rings. The molecule has 0 aliphatic rings. The van der Waals surface area contributed by atoms with E-state index in [0.717, 1.165) is 22.9 Å². The summed E-state index contributed by atoms with van der Waals surface area (Å²) >= 11 is 1.48. The second kappa shape index (κ2) is 5.46. The van der Waals surface area contributed by atoms with Gasteiger partial charge >= 0.3 is 0 Å². The summed E-state index contributed by atoms with van der Waals surface area (Å²) in [5, 5.41) is 1.88. The molecule has 20 heavy (non-hydrogen) atoms. The third kappa shape index (κ3) is 2.44. The van der Waals surface area contributed by atoms with Gasteiger partial charge in [-0.15, -0.1) is 11.3 Å². The molecule has 3 rings (SSSR count). The fourth-order valence-corrected chi connectivity index (χ4v) is 2.93. The molecule has 0 unspecified atom stereocenters. The lowest BCUT2D eigenvalue weighted by Gasteiger charge is -2.22. The minimum atomic E-state index is -0.0182. The van der Waals surface area contributed by atoms with Crippen LogP contribution in [-0.4, -0.2) is 15.9 Å². The van der Waals surface area contributed by atoms with Gasteiger partial charge in [-0.1, -0.05) is 18.2 Å². The molecule has 0 saturated carbocycles. The van der Waals surface area contributed by atoms with E-state index in [1.165, 1.54) is 11.3 Å². The SMILES string of the molecule is CCN(Cc1cc(=O)n2ccsc2n1)c1ccccc1. The third-order valence-corrected chi connectivity index (χ3v) is 3.97. The first-order chi connectivity index (χ1) is 9.78. The molecule has 3 aromatic rings. The maximum absolute atomic E-state index is 12.0. The topological polar surface area (TPSA) is 37.6 Å². The van der Waals surface area contributed by atoms with Crippen molar-refractivity contribution in [3.05, 3.63) is 64.0 Å². The number of benzene rings is 1. The quantitative estimate of drug-likeness (QED) is 0.740. The Kier molecular flexibility index (Phi) is 3.52. The molecule has 0 amide bonds. The number of anilines is 1. The van der Waals surface area contributed by atoms with Crippen LogP contribution >= 0.6 is 11.3 Å². The van der Waals surface area contributed by atoms with Crippen LogP contribution in [-0.2, 0) is 6.54 Å². The van der Waals surface area contributed by atoms with Crippen LogP contribution in [0.2, 0.25) is 0 Å². The number of hydrogen-bond acceptors (Lipinski definition) is 4. The maximum Gasteiger partial charge on any atom is 0.258 e. The molecular formula is C15H15N3OS. The Morgan fingerprint density at radius 3 is 2.85 bits per heavy atom. The number of rotatable bonds is 4. The van der Waals surface area contributed by atoms with Crippen molar-refractivity contribution in [3.8, 4) is 0 Å². The van der Waals surface area contributed by atoms with E-state index in [2.05, 4.69) is 28.9 Å². The highest BCUT2D eigenvalue weighted by Gasteiger charge is 2.08. The van der Waals surface area contributed by atoms with Crippen LogP contribution in [0.5, 0.6) is 0 Å². The Bertz CT molecular complexity index is 763. The lowest BCUT2D eigenvalue weighted by atomic mass is 10.2. The number of para-hydroxylation sites is 1. The van der Waals surface area contributed by atoms with Crippen molar-refractivity contribution in [2.24, 2.45) is 0 Å². The van der Waals surface area contributed by atoms with Crippen molar-refractivity contribution in [1.82, 2.24) is 9.38 Å². The molecule has 0 saturated heterocycles. The highest BCUT2D eigenvalue weighted by molar-refractivity contribution is 7.15. The Labute approximate surface area is 120 Å². The molecule has 0 bridgehead atoms. The Morgan fingerprint density at radius 1 is 1.30 bits per heavy atom. The van der Waals surface area contributed by atoms with Crippen LogP contribution < -0.4 is 10.5 Å². The summed E-state index contributed by atoms with van der Waals surface area (Å²) in [5.74, 6) is 0. The number of aromatic nitrogens is 2. The second-order valence-electron chi connectivity index (χ2n) is 4.49. The van der Waals surface area contributed by atoms with Gasteiger partial charge in [-0.05, 0) is 19.1 Å². The van der Waals surface area contributed by atoms with Gasteiger partial charge in [0.2, 0.25) is 0 Å². The van der Waals surface area contributed by atoms with E-state index < -0.39 is 0 Å². The Balaban J connectivity index is 1.93. The van der Waals surface area contributed by atoms with Crippen LogP contribution in [0.1, 0.15) is 12.6 Å². The molecule has 0 aliphatic carbocycles. The molecule has 0 aliphatic heterocycles. The largest absolute Gasteiger partial charge is 0.366 e. The van der Waals surface area contributed by atoms with Crippen molar-refractivity contribution in [1.29, 1.82) is 0 Å². The fraction of sp³-hybridized carbons (Fsp3) is 0.200. The van der Waals surface area contributed by atoms with Gasteiger partial charge in [0.25, 0.3) is 5.56 Å². The molecule has 2 aromatic heterocycles. The molecule has 0 radical (unpaired) electrons. The van der Waals surface area contributed by atoms with Gasteiger partial charge < -0.3 is 4.90 Å². The minimum Gasteiger partial charge on any atom is -0.366 e. The number of nitrogens with zero attached hydrogens (tertiary/aromatic N) is 3. The van der Waals surface area contributed by atoms with E-state index in [1.54, 1.807) is 16.7 Å². The van der Waals surface area contributed by atoms with Crippen molar-refractivity contribution < 1.29 is 0 Å². The first kappa shape index (κ1) is 12.9. The summed E-state index contributed by atoms with van der Waals surface area (Å²) in [7, 11) is 0. The van der Waals surface area contributed by atoms with E-state index >= 15 is 0 Å². The van der Waals surface area contributed by atoms with E-state index in [1.807, 2.05) is 23.6 Å². The average molecular weight is 285 g/mol. The maximum atomic E-state index is 12.0. The van der Waals surface area contributed by atoms with Crippen molar-refractivity contribution >= 4 is 22.0 Å². The number of thiazole rings is 1. The van der Waals surface area contributed by atoms with Crippen LogP contribution in [0.4, 0.5) is 5.69 Å². The highest BCUT2D eigenvalue weighted by Crippen LogP contribution is 2.16. The normalized spacial score (nSPS) is 10.8. The van der Waals surface area contributed by atoms with Gasteiger partial charge in [0.15, 0.2) is 4.96 Å². The highest BCUT2D eigenvalue weighted by atomic mass is 32.1.